The van der Waals surface area contributed by atoms with Crippen molar-refractivity contribution in [2.45, 2.75) is 6.42 Å². The number of hydrogen-bond donors (Lipinski definition) is 1. The summed E-state index contributed by atoms with van der Waals surface area (Å²) in [7, 11) is 0. The molecule has 98 valence electrons. The van der Waals surface area contributed by atoms with E-state index < -0.39 is 0 Å². The number of hydrogen-bond acceptors (Lipinski definition) is 5. The smallest absolute Gasteiger partial charge is 0.233 e. The molecule has 0 spiro atoms. The molecule has 0 aliphatic carbocycles. The van der Waals surface area contributed by atoms with E-state index in [0.29, 0.717) is 23.2 Å². The molecular formula is C12H10ClN3O2S. The number of anilines is 1. The van der Waals surface area contributed by atoms with Crippen LogP contribution in [0.3, 0.4) is 0 Å². The maximum absolute atomic E-state index is 12.1. The number of aromatic nitrogens is 2. The Morgan fingerprint density at radius 3 is 3.21 bits per heavy atom. The largest absolute Gasteiger partial charge is 0.492 e. The van der Waals surface area contributed by atoms with E-state index in [4.69, 9.17) is 16.3 Å². The number of ether oxygens (including phenoxy) is 1. The maximum Gasteiger partial charge on any atom is 0.233 e. The van der Waals surface area contributed by atoms with Crippen molar-refractivity contribution in [1.82, 2.24) is 10.2 Å². The summed E-state index contributed by atoms with van der Waals surface area (Å²) in [5.74, 6) is 0.446. The molecule has 0 unspecified atom stereocenters. The monoisotopic (exact) mass is 295 g/mol. The van der Waals surface area contributed by atoms with E-state index in [1.54, 1.807) is 11.6 Å². The molecule has 0 fully saturated rings. The lowest BCUT2D eigenvalue weighted by Gasteiger charge is -2.24. The Kier molecular flexibility index (Phi) is 3.35. The van der Waals surface area contributed by atoms with Gasteiger partial charge in [-0.2, -0.15) is 0 Å². The molecule has 1 atom stereocenters. The number of nitrogens with one attached hydrogen (secondary N) is 1. The molecule has 1 aliphatic rings. The molecule has 1 N–H and O–H groups in total. The number of benzene rings is 1. The van der Waals surface area contributed by atoms with Crippen LogP contribution in [0.5, 0.6) is 5.75 Å². The number of nitrogens with zero attached hydrogens (tertiary/aromatic N) is 2. The molecule has 0 radical (unpaired) electrons. The third-order valence-electron chi connectivity index (χ3n) is 2.89. The fraction of sp³-hybridized carbons (Fsp3) is 0.250. The quantitative estimate of drug-likeness (QED) is 0.924. The van der Waals surface area contributed by atoms with E-state index in [2.05, 4.69) is 15.5 Å². The van der Waals surface area contributed by atoms with Crippen molar-refractivity contribution in [2.75, 3.05) is 11.9 Å². The van der Waals surface area contributed by atoms with Crippen LogP contribution in [0, 0.1) is 5.92 Å². The number of carbonyl (C=O) groups is 1. The lowest BCUT2D eigenvalue weighted by Crippen LogP contribution is -2.32. The molecule has 1 amide bonds. The molecule has 1 aromatic heterocycles. The Morgan fingerprint density at radius 1 is 1.53 bits per heavy atom. The normalized spacial score (nSPS) is 17.4. The van der Waals surface area contributed by atoms with Gasteiger partial charge in [0.15, 0.2) is 0 Å². The van der Waals surface area contributed by atoms with Gasteiger partial charge in [-0.15, -0.1) is 10.2 Å². The maximum atomic E-state index is 12.1. The highest BCUT2D eigenvalue weighted by Gasteiger charge is 2.26. The van der Waals surface area contributed by atoms with Gasteiger partial charge in [-0.05, 0) is 30.2 Å². The average Bonchev–Trinajstić information content (AvgIpc) is 2.90. The minimum atomic E-state index is -0.241. The second-order valence-corrected chi connectivity index (χ2v) is 5.47. The van der Waals surface area contributed by atoms with Crippen molar-refractivity contribution in [3.8, 4) is 5.75 Å². The number of amides is 1. The Balaban J connectivity index is 1.72. The third kappa shape index (κ3) is 2.69. The zero-order chi connectivity index (χ0) is 13.2. The first-order chi connectivity index (χ1) is 9.22. The van der Waals surface area contributed by atoms with E-state index in [9.17, 15) is 4.79 Å². The molecule has 2 heterocycles. The van der Waals surface area contributed by atoms with Crippen molar-refractivity contribution in [1.29, 1.82) is 0 Å². The van der Waals surface area contributed by atoms with E-state index in [1.807, 2.05) is 12.1 Å². The van der Waals surface area contributed by atoms with Gasteiger partial charge in [0, 0.05) is 5.02 Å². The highest BCUT2D eigenvalue weighted by Crippen LogP contribution is 2.30. The van der Waals surface area contributed by atoms with Gasteiger partial charge < -0.3 is 10.1 Å². The molecule has 1 aromatic carbocycles. The first kappa shape index (κ1) is 12.4. The van der Waals surface area contributed by atoms with Gasteiger partial charge in [-0.25, -0.2) is 0 Å². The molecule has 7 heteroatoms. The highest BCUT2D eigenvalue weighted by atomic mass is 35.5. The minimum absolute atomic E-state index is 0.109. The standard InChI is InChI=1S/C12H10ClN3O2S/c13-9-1-2-10-7(4-9)3-8(5-18-10)11(17)15-12-16-14-6-19-12/h1-2,4,6,8H,3,5H2,(H,15,16,17)/t8-/m1/s1. The van der Waals surface area contributed by atoms with Gasteiger partial charge >= 0.3 is 0 Å². The van der Waals surface area contributed by atoms with Crippen molar-refractivity contribution in [2.24, 2.45) is 5.92 Å². The van der Waals surface area contributed by atoms with Crippen molar-refractivity contribution in [3.63, 3.8) is 0 Å². The van der Waals surface area contributed by atoms with Crippen LogP contribution in [-0.2, 0) is 11.2 Å². The molecule has 0 saturated carbocycles. The Labute approximate surface area is 118 Å². The summed E-state index contributed by atoms with van der Waals surface area (Å²) in [6.45, 7) is 0.360. The predicted octanol–water partition coefficient (Wildman–Crippen LogP) is 2.38. The van der Waals surface area contributed by atoms with E-state index >= 15 is 0 Å². The highest BCUT2D eigenvalue weighted by molar-refractivity contribution is 7.13. The van der Waals surface area contributed by atoms with Crippen LogP contribution in [0.25, 0.3) is 0 Å². The Hall–Kier alpha value is -1.66. The SMILES string of the molecule is O=C(Nc1nncs1)[C@H]1COc2ccc(Cl)cc2C1. The molecule has 5 nitrogen and oxygen atoms in total. The van der Waals surface area contributed by atoms with Crippen LogP contribution < -0.4 is 10.1 Å². The van der Waals surface area contributed by atoms with Crippen LogP contribution in [0.4, 0.5) is 5.13 Å². The number of halogens is 1. The molecule has 19 heavy (non-hydrogen) atoms. The summed E-state index contributed by atoms with van der Waals surface area (Å²) in [6, 6.07) is 5.44. The van der Waals surface area contributed by atoms with Crippen molar-refractivity contribution in [3.05, 3.63) is 34.3 Å². The van der Waals surface area contributed by atoms with Crippen LogP contribution in [-0.4, -0.2) is 22.7 Å². The minimum Gasteiger partial charge on any atom is -0.492 e. The summed E-state index contributed by atoms with van der Waals surface area (Å²) >= 11 is 7.23. The topological polar surface area (TPSA) is 64.1 Å². The van der Waals surface area contributed by atoms with Crippen molar-refractivity contribution >= 4 is 34.0 Å². The molecule has 2 aromatic rings. The van der Waals surface area contributed by atoms with Crippen LogP contribution in [0.2, 0.25) is 5.02 Å². The zero-order valence-electron chi connectivity index (χ0n) is 9.80. The second-order valence-electron chi connectivity index (χ2n) is 4.20. The second kappa shape index (κ2) is 5.14. The molecule has 3 rings (SSSR count). The van der Waals surface area contributed by atoms with Gasteiger partial charge in [0.1, 0.15) is 17.9 Å². The van der Waals surface area contributed by atoms with Crippen LogP contribution in [0.1, 0.15) is 5.56 Å². The summed E-state index contributed by atoms with van der Waals surface area (Å²) in [5.41, 5.74) is 2.53. The van der Waals surface area contributed by atoms with Gasteiger partial charge in [0.05, 0.1) is 5.92 Å². The van der Waals surface area contributed by atoms with Gasteiger partial charge in [-0.3, -0.25) is 4.79 Å². The first-order valence-electron chi connectivity index (χ1n) is 5.70. The molecule has 1 aliphatic heterocycles. The fourth-order valence-corrected chi connectivity index (χ4v) is 2.61. The summed E-state index contributed by atoms with van der Waals surface area (Å²) in [4.78, 5) is 12.1. The summed E-state index contributed by atoms with van der Waals surface area (Å²) in [5, 5.41) is 11.3. The Morgan fingerprint density at radius 2 is 2.42 bits per heavy atom. The number of carbonyl (C=O) groups excluding carboxylic acids is 1. The van der Waals surface area contributed by atoms with Crippen LogP contribution in [0.15, 0.2) is 23.7 Å². The lowest BCUT2D eigenvalue weighted by molar-refractivity contribution is -0.121. The van der Waals surface area contributed by atoms with E-state index in [-0.39, 0.29) is 11.8 Å². The third-order valence-corrected chi connectivity index (χ3v) is 3.73. The number of fused-ring (bicyclic) bond motifs is 1. The van der Waals surface area contributed by atoms with Gasteiger partial charge in [0.2, 0.25) is 11.0 Å². The predicted molar refractivity (Wildman–Crippen MR) is 72.7 cm³/mol. The lowest BCUT2D eigenvalue weighted by atomic mass is 9.96. The van der Waals surface area contributed by atoms with E-state index in [1.165, 1.54) is 11.3 Å². The average molecular weight is 296 g/mol. The summed E-state index contributed by atoms with van der Waals surface area (Å²) in [6.07, 6.45) is 0.612. The number of rotatable bonds is 2. The van der Waals surface area contributed by atoms with Crippen LogP contribution >= 0.6 is 22.9 Å². The van der Waals surface area contributed by atoms with E-state index in [0.717, 1.165) is 11.3 Å². The summed E-state index contributed by atoms with van der Waals surface area (Å²) < 4.78 is 5.58. The Bertz CT molecular complexity index is 603. The first-order valence-corrected chi connectivity index (χ1v) is 6.96. The van der Waals surface area contributed by atoms with Gasteiger partial charge in [-0.1, -0.05) is 22.9 Å². The molecule has 0 bridgehead atoms. The molecule has 0 saturated heterocycles. The molecular weight excluding hydrogens is 286 g/mol. The van der Waals surface area contributed by atoms with Crippen molar-refractivity contribution < 1.29 is 9.53 Å². The van der Waals surface area contributed by atoms with Gasteiger partial charge in [0.25, 0.3) is 0 Å². The zero-order valence-corrected chi connectivity index (χ0v) is 11.4. The fourth-order valence-electron chi connectivity index (χ4n) is 1.97.